The molecule has 0 aromatic heterocycles. The second-order valence-electron chi connectivity index (χ2n) is 4.59. The highest BCUT2D eigenvalue weighted by Crippen LogP contribution is 2.34. The van der Waals surface area contributed by atoms with Crippen molar-refractivity contribution in [3.05, 3.63) is 42.0 Å². The van der Waals surface area contributed by atoms with Gasteiger partial charge in [-0.2, -0.15) is 0 Å². The average molecular weight is 286 g/mol. The van der Waals surface area contributed by atoms with Gasteiger partial charge in [0, 0.05) is 17.4 Å². The highest BCUT2D eigenvalue weighted by atomic mass is 16.6. The van der Waals surface area contributed by atoms with Crippen LogP contribution in [-0.2, 0) is 0 Å². The van der Waals surface area contributed by atoms with Gasteiger partial charge in [0.2, 0.25) is 0 Å². The van der Waals surface area contributed by atoms with E-state index in [4.69, 9.17) is 15.2 Å². The Morgan fingerprint density at radius 3 is 2.62 bits per heavy atom. The minimum atomic E-state index is -1.04. The summed E-state index contributed by atoms with van der Waals surface area (Å²) < 4.78 is 10.9. The average Bonchev–Trinajstić information content (AvgIpc) is 2.49. The molecule has 2 aromatic rings. The van der Waals surface area contributed by atoms with E-state index in [0.717, 1.165) is 0 Å². The number of carboxylic acid groups (broad SMARTS) is 1. The van der Waals surface area contributed by atoms with Crippen LogP contribution in [-0.4, -0.2) is 24.3 Å². The Morgan fingerprint density at radius 1 is 1.10 bits per heavy atom. The highest BCUT2D eigenvalue weighted by Gasteiger charge is 2.14. The third kappa shape index (κ3) is 2.69. The summed E-state index contributed by atoms with van der Waals surface area (Å²) in [5, 5.41) is 12.3. The van der Waals surface area contributed by atoms with Crippen molar-refractivity contribution in [2.75, 3.05) is 24.3 Å². The molecule has 2 aromatic carbocycles. The summed E-state index contributed by atoms with van der Waals surface area (Å²) >= 11 is 0. The summed E-state index contributed by atoms with van der Waals surface area (Å²) in [5.41, 5.74) is 7.32. The van der Waals surface area contributed by atoms with E-state index < -0.39 is 5.97 Å². The van der Waals surface area contributed by atoms with Crippen LogP contribution in [0.1, 0.15) is 10.4 Å². The molecule has 0 amide bonds. The summed E-state index contributed by atoms with van der Waals surface area (Å²) in [6.45, 7) is 1.03. The molecule has 1 heterocycles. The van der Waals surface area contributed by atoms with Gasteiger partial charge in [0.1, 0.15) is 13.2 Å². The first-order valence-corrected chi connectivity index (χ1v) is 6.43. The van der Waals surface area contributed by atoms with Crippen molar-refractivity contribution in [3.8, 4) is 11.5 Å². The van der Waals surface area contributed by atoms with Crippen LogP contribution in [0.25, 0.3) is 0 Å². The Balaban J connectivity index is 1.92. The summed E-state index contributed by atoms with van der Waals surface area (Å²) in [6.07, 6.45) is 0. The minimum Gasteiger partial charge on any atom is -0.486 e. The van der Waals surface area contributed by atoms with Crippen molar-refractivity contribution in [3.63, 3.8) is 0 Å². The van der Waals surface area contributed by atoms with E-state index in [0.29, 0.717) is 41.8 Å². The molecular formula is C15H14N2O4. The van der Waals surface area contributed by atoms with Crippen molar-refractivity contribution in [2.24, 2.45) is 0 Å². The van der Waals surface area contributed by atoms with Gasteiger partial charge < -0.3 is 25.6 Å². The Morgan fingerprint density at radius 2 is 1.86 bits per heavy atom. The van der Waals surface area contributed by atoms with E-state index in [1.807, 2.05) is 0 Å². The fraction of sp³-hybridized carbons (Fsp3) is 0.133. The molecule has 3 rings (SSSR count). The second kappa shape index (κ2) is 5.24. The van der Waals surface area contributed by atoms with Crippen molar-refractivity contribution in [2.45, 2.75) is 0 Å². The molecule has 0 saturated carbocycles. The summed E-state index contributed by atoms with van der Waals surface area (Å²) in [6, 6.07) is 10.1. The highest BCUT2D eigenvalue weighted by molar-refractivity contribution is 5.96. The van der Waals surface area contributed by atoms with Crippen LogP contribution < -0.4 is 20.5 Å². The number of nitrogen functional groups attached to an aromatic ring is 1. The van der Waals surface area contributed by atoms with Gasteiger partial charge in [0.05, 0.1) is 11.3 Å². The molecule has 0 radical (unpaired) electrons. The lowest BCUT2D eigenvalue weighted by Gasteiger charge is -2.19. The zero-order valence-electron chi connectivity index (χ0n) is 11.1. The molecule has 4 N–H and O–H groups in total. The van der Waals surface area contributed by atoms with Crippen LogP contribution >= 0.6 is 0 Å². The maximum absolute atomic E-state index is 11.3. The molecule has 0 aliphatic carbocycles. The third-order valence-corrected chi connectivity index (χ3v) is 3.10. The van der Waals surface area contributed by atoms with Crippen molar-refractivity contribution < 1.29 is 19.4 Å². The Hall–Kier alpha value is -2.89. The number of hydrogen-bond acceptors (Lipinski definition) is 5. The number of aromatic carboxylic acids is 1. The fourth-order valence-electron chi connectivity index (χ4n) is 2.12. The molecule has 6 heteroatoms. The maximum atomic E-state index is 11.3. The van der Waals surface area contributed by atoms with E-state index in [2.05, 4.69) is 5.32 Å². The molecule has 0 bridgehead atoms. The summed E-state index contributed by atoms with van der Waals surface area (Å²) in [5.74, 6) is 0.281. The smallest absolute Gasteiger partial charge is 0.337 e. The number of nitrogens with one attached hydrogen (secondary N) is 1. The van der Waals surface area contributed by atoms with Crippen LogP contribution in [0.15, 0.2) is 36.4 Å². The first-order valence-electron chi connectivity index (χ1n) is 6.43. The number of hydrogen-bond donors (Lipinski definition) is 3. The van der Waals surface area contributed by atoms with Gasteiger partial charge in [0.25, 0.3) is 0 Å². The third-order valence-electron chi connectivity index (χ3n) is 3.10. The van der Waals surface area contributed by atoms with Crippen LogP contribution in [0.3, 0.4) is 0 Å². The molecule has 0 saturated heterocycles. The van der Waals surface area contributed by atoms with Crippen molar-refractivity contribution in [1.82, 2.24) is 0 Å². The first kappa shape index (κ1) is 13.1. The number of anilines is 3. The van der Waals surface area contributed by atoms with Gasteiger partial charge in [-0.05, 0) is 30.3 Å². The molecule has 0 atom stereocenters. The Kier molecular flexibility index (Phi) is 3.27. The van der Waals surface area contributed by atoms with Gasteiger partial charge in [-0.3, -0.25) is 0 Å². The van der Waals surface area contributed by atoms with E-state index >= 15 is 0 Å². The molecule has 0 unspecified atom stereocenters. The van der Waals surface area contributed by atoms with E-state index in [1.165, 1.54) is 6.07 Å². The Bertz CT molecular complexity index is 700. The molecule has 21 heavy (non-hydrogen) atoms. The van der Waals surface area contributed by atoms with Crippen LogP contribution in [0, 0.1) is 0 Å². The second-order valence-corrected chi connectivity index (χ2v) is 4.59. The zero-order valence-corrected chi connectivity index (χ0v) is 11.1. The SMILES string of the molecule is Nc1ccc(Nc2ccc3c(c2)OCCO3)c(C(=O)O)c1. The first-order chi connectivity index (χ1) is 10.1. The molecule has 0 fully saturated rings. The summed E-state index contributed by atoms with van der Waals surface area (Å²) in [4.78, 5) is 11.3. The van der Waals surface area contributed by atoms with Gasteiger partial charge in [-0.15, -0.1) is 0 Å². The monoisotopic (exact) mass is 286 g/mol. The van der Waals surface area contributed by atoms with Crippen molar-refractivity contribution >= 4 is 23.0 Å². The summed E-state index contributed by atoms with van der Waals surface area (Å²) in [7, 11) is 0. The predicted molar refractivity (Wildman–Crippen MR) is 78.5 cm³/mol. The largest absolute Gasteiger partial charge is 0.486 e. The molecule has 6 nitrogen and oxygen atoms in total. The number of benzene rings is 2. The number of carboxylic acids is 1. The number of rotatable bonds is 3. The number of nitrogens with two attached hydrogens (primary N) is 1. The fourth-order valence-corrected chi connectivity index (χ4v) is 2.12. The lowest BCUT2D eigenvalue weighted by Crippen LogP contribution is -2.15. The van der Waals surface area contributed by atoms with E-state index in [9.17, 15) is 9.90 Å². The van der Waals surface area contributed by atoms with Gasteiger partial charge in [-0.25, -0.2) is 4.79 Å². The zero-order chi connectivity index (χ0) is 14.8. The van der Waals surface area contributed by atoms with Gasteiger partial charge in [-0.1, -0.05) is 0 Å². The number of carbonyl (C=O) groups is 1. The number of ether oxygens (including phenoxy) is 2. The normalized spacial score (nSPS) is 12.8. The van der Waals surface area contributed by atoms with Gasteiger partial charge in [0.15, 0.2) is 11.5 Å². The molecule has 1 aliphatic heterocycles. The van der Waals surface area contributed by atoms with Crippen molar-refractivity contribution in [1.29, 1.82) is 0 Å². The lowest BCUT2D eigenvalue weighted by atomic mass is 10.1. The van der Waals surface area contributed by atoms with E-state index in [1.54, 1.807) is 30.3 Å². The molecule has 1 aliphatic rings. The number of fused-ring (bicyclic) bond motifs is 1. The molecule has 0 spiro atoms. The molecule has 108 valence electrons. The quantitative estimate of drug-likeness (QED) is 0.750. The van der Waals surface area contributed by atoms with Crippen LogP contribution in [0.5, 0.6) is 11.5 Å². The Labute approximate surface area is 121 Å². The van der Waals surface area contributed by atoms with Crippen LogP contribution in [0.2, 0.25) is 0 Å². The van der Waals surface area contributed by atoms with E-state index in [-0.39, 0.29) is 5.56 Å². The maximum Gasteiger partial charge on any atom is 0.337 e. The lowest BCUT2D eigenvalue weighted by molar-refractivity contribution is 0.0698. The molecular weight excluding hydrogens is 272 g/mol. The standard InChI is InChI=1S/C15H14N2O4/c16-9-1-3-12(11(7-9)15(18)19)17-10-2-4-13-14(8-10)21-6-5-20-13/h1-4,7-8,17H,5-6,16H2,(H,18,19). The van der Waals surface area contributed by atoms with Crippen LogP contribution in [0.4, 0.5) is 17.1 Å². The minimum absolute atomic E-state index is 0.116. The predicted octanol–water partition coefficient (Wildman–Crippen LogP) is 2.48. The topological polar surface area (TPSA) is 93.8 Å². The van der Waals surface area contributed by atoms with Gasteiger partial charge >= 0.3 is 5.97 Å².